The van der Waals surface area contributed by atoms with Gasteiger partial charge in [-0.2, -0.15) is 0 Å². The summed E-state index contributed by atoms with van der Waals surface area (Å²) in [6, 6.07) is 6.73. The number of methoxy groups -OCH3 is 1. The van der Waals surface area contributed by atoms with Crippen molar-refractivity contribution in [2.24, 2.45) is 0 Å². The molecule has 1 aromatic carbocycles. The minimum atomic E-state index is -0.316. The number of benzene rings is 1. The minimum Gasteiger partial charge on any atom is -0.495 e. The summed E-state index contributed by atoms with van der Waals surface area (Å²) in [7, 11) is 3.49. The highest BCUT2D eigenvalue weighted by Gasteiger charge is 2.12. The van der Waals surface area contributed by atoms with E-state index in [9.17, 15) is 4.79 Å². The average Bonchev–Trinajstić information content (AvgIpc) is 2.60. The first kappa shape index (κ1) is 18.0. The van der Waals surface area contributed by atoms with Gasteiger partial charge in [0.05, 0.1) is 12.1 Å². The van der Waals surface area contributed by atoms with E-state index in [1.165, 1.54) is 13.4 Å². The molecule has 7 heteroatoms. The Balaban J connectivity index is 2.11. The van der Waals surface area contributed by atoms with Crippen molar-refractivity contribution in [2.45, 2.75) is 19.8 Å². The largest absolute Gasteiger partial charge is 0.495 e. The molecule has 0 aliphatic carbocycles. The number of halogens is 1. The van der Waals surface area contributed by atoms with Crippen molar-refractivity contribution in [2.75, 3.05) is 30.9 Å². The van der Waals surface area contributed by atoms with Crippen LogP contribution in [0.1, 0.15) is 30.3 Å². The lowest BCUT2D eigenvalue weighted by molar-refractivity contribution is 0.102. The van der Waals surface area contributed by atoms with Crippen LogP contribution in [0.15, 0.2) is 30.6 Å². The van der Waals surface area contributed by atoms with Crippen LogP contribution in [0.25, 0.3) is 0 Å². The van der Waals surface area contributed by atoms with Gasteiger partial charge in [0.15, 0.2) is 0 Å². The van der Waals surface area contributed by atoms with Crippen LogP contribution in [-0.4, -0.2) is 36.6 Å². The van der Waals surface area contributed by atoms with Gasteiger partial charge in [-0.15, -0.1) is 0 Å². The predicted octanol–water partition coefficient (Wildman–Crippen LogP) is 3.63. The monoisotopic (exact) mass is 348 g/mol. The Hall–Kier alpha value is -2.34. The Bertz CT molecular complexity index is 709. The van der Waals surface area contributed by atoms with E-state index in [-0.39, 0.29) is 5.91 Å². The molecule has 0 aliphatic heterocycles. The summed E-state index contributed by atoms with van der Waals surface area (Å²) < 4.78 is 5.09. The van der Waals surface area contributed by atoms with E-state index in [1.807, 2.05) is 11.9 Å². The van der Waals surface area contributed by atoms with Crippen LogP contribution >= 0.6 is 11.6 Å². The van der Waals surface area contributed by atoms with Crippen molar-refractivity contribution in [1.82, 2.24) is 9.97 Å². The van der Waals surface area contributed by atoms with Gasteiger partial charge in [-0.25, -0.2) is 9.97 Å². The lowest BCUT2D eigenvalue weighted by atomic mass is 10.2. The second-order valence-corrected chi connectivity index (χ2v) is 5.75. The standard InChI is InChI=1S/C17H21ClN4O2/c1-4-5-8-22(2)16-10-14(19-11-20-16)17(23)21-12-6-7-15(24-3)13(18)9-12/h6-7,9-11H,4-5,8H2,1-3H3,(H,21,23). The van der Waals surface area contributed by atoms with E-state index in [4.69, 9.17) is 16.3 Å². The van der Waals surface area contributed by atoms with Gasteiger partial charge in [-0.1, -0.05) is 24.9 Å². The fraction of sp³-hybridized carbons (Fsp3) is 0.353. The van der Waals surface area contributed by atoms with Gasteiger partial charge < -0.3 is 15.0 Å². The molecule has 1 heterocycles. The maximum absolute atomic E-state index is 12.4. The molecule has 2 rings (SSSR count). The summed E-state index contributed by atoms with van der Waals surface area (Å²) in [6.45, 7) is 3.01. The Labute approximate surface area is 146 Å². The minimum absolute atomic E-state index is 0.301. The van der Waals surface area contributed by atoms with Crippen molar-refractivity contribution in [3.8, 4) is 5.75 Å². The Kier molecular flexibility index (Phi) is 6.37. The fourth-order valence-corrected chi connectivity index (χ4v) is 2.39. The topological polar surface area (TPSA) is 67.4 Å². The molecule has 0 spiro atoms. The van der Waals surface area contributed by atoms with Crippen LogP contribution in [0.5, 0.6) is 5.75 Å². The molecule has 1 aromatic heterocycles. The molecular formula is C17H21ClN4O2. The van der Waals surface area contributed by atoms with E-state index in [2.05, 4.69) is 22.2 Å². The first-order valence-electron chi connectivity index (χ1n) is 7.73. The number of hydrogen-bond acceptors (Lipinski definition) is 5. The number of amides is 1. The van der Waals surface area contributed by atoms with Crippen molar-refractivity contribution in [3.05, 3.63) is 41.3 Å². The van der Waals surface area contributed by atoms with Crippen molar-refractivity contribution in [1.29, 1.82) is 0 Å². The van der Waals surface area contributed by atoms with Gasteiger partial charge in [0.25, 0.3) is 5.91 Å². The Morgan fingerprint density at radius 3 is 2.79 bits per heavy atom. The van der Waals surface area contributed by atoms with E-state index in [0.29, 0.717) is 22.2 Å². The molecule has 1 amide bonds. The molecule has 128 valence electrons. The van der Waals surface area contributed by atoms with Gasteiger partial charge in [-0.3, -0.25) is 4.79 Å². The Morgan fingerprint density at radius 1 is 1.33 bits per heavy atom. The summed E-state index contributed by atoms with van der Waals surface area (Å²) in [5.41, 5.74) is 0.876. The lowest BCUT2D eigenvalue weighted by Crippen LogP contribution is -2.21. The van der Waals surface area contributed by atoms with Crippen LogP contribution < -0.4 is 15.0 Å². The third-order valence-electron chi connectivity index (χ3n) is 3.53. The third-order valence-corrected chi connectivity index (χ3v) is 3.83. The van der Waals surface area contributed by atoms with E-state index < -0.39 is 0 Å². The van der Waals surface area contributed by atoms with Gasteiger partial charge >= 0.3 is 0 Å². The number of aromatic nitrogens is 2. The molecule has 0 saturated carbocycles. The number of unbranched alkanes of at least 4 members (excludes halogenated alkanes) is 1. The number of ether oxygens (including phenoxy) is 1. The highest BCUT2D eigenvalue weighted by molar-refractivity contribution is 6.32. The number of hydrogen-bond donors (Lipinski definition) is 1. The van der Waals surface area contributed by atoms with Crippen molar-refractivity contribution >= 4 is 29.0 Å². The first-order valence-corrected chi connectivity index (χ1v) is 8.11. The molecule has 0 radical (unpaired) electrons. The molecule has 0 aliphatic rings. The van der Waals surface area contributed by atoms with Crippen LogP contribution in [0.2, 0.25) is 5.02 Å². The molecule has 1 N–H and O–H groups in total. The number of rotatable bonds is 7. The third kappa shape index (κ3) is 4.58. The van der Waals surface area contributed by atoms with Crippen LogP contribution in [0.4, 0.5) is 11.5 Å². The van der Waals surface area contributed by atoms with E-state index in [0.717, 1.165) is 25.2 Å². The SMILES string of the molecule is CCCCN(C)c1cc(C(=O)Nc2ccc(OC)c(Cl)c2)ncn1. The molecule has 0 saturated heterocycles. The zero-order chi connectivity index (χ0) is 17.5. The summed E-state index contributed by atoms with van der Waals surface area (Å²) >= 11 is 6.07. The lowest BCUT2D eigenvalue weighted by Gasteiger charge is -2.17. The normalized spacial score (nSPS) is 10.3. The van der Waals surface area contributed by atoms with Gasteiger partial charge in [-0.05, 0) is 24.6 Å². The van der Waals surface area contributed by atoms with Gasteiger partial charge in [0.2, 0.25) is 0 Å². The molecular weight excluding hydrogens is 328 g/mol. The number of carbonyl (C=O) groups is 1. The van der Waals surface area contributed by atoms with Gasteiger partial charge in [0.1, 0.15) is 23.6 Å². The van der Waals surface area contributed by atoms with Gasteiger partial charge in [0, 0.05) is 25.3 Å². The summed E-state index contributed by atoms with van der Waals surface area (Å²) in [6.07, 6.45) is 3.56. The first-order chi connectivity index (χ1) is 11.5. The number of nitrogens with one attached hydrogen (secondary N) is 1. The molecule has 0 atom stereocenters. The second-order valence-electron chi connectivity index (χ2n) is 5.34. The summed E-state index contributed by atoms with van der Waals surface area (Å²) in [5, 5.41) is 3.20. The molecule has 2 aromatic rings. The average molecular weight is 349 g/mol. The van der Waals surface area contributed by atoms with Crippen LogP contribution in [-0.2, 0) is 0 Å². The van der Waals surface area contributed by atoms with Crippen LogP contribution in [0.3, 0.4) is 0 Å². The van der Waals surface area contributed by atoms with Crippen molar-refractivity contribution < 1.29 is 9.53 Å². The quantitative estimate of drug-likeness (QED) is 0.827. The smallest absolute Gasteiger partial charge is 0.274 e. The van der Waals surface area contributed by atoms with Crippen molar-refractivity contribution in [3.63, 3.8) is 0 Å². The summed E-state index contributed by atoms with van der Waals surface area (Å²) in [5.74, 6) is 0.955. The van der Waals surface area contributed by atoms with E-state index >= 15 is 0 Å². The number of anilines is 2. The highest BCUT2D eigenvalue weighted by atomic mass is 35.5. The highest BCUT2D eigenvalue weighted by Crippen LogP contribution is 2.27. The molecule has 24 heavy (non-hydrogen) atoms. The number of carbonyl (C=O) groups excluding carboxylic acids is 1. The predicted molar refractivity (Wildman–Crippen MR) is 96.2 cm³/mol. The second kappa shape index (κ2) is 8.49. The maximum atomic E-state index is 12.4. The maximum Gasteiger partial charge on any atom is 0.274 e. The van der Waals surface area contributed by atoms with Crippen LogP contribution in [0, 0.1) is 0 Å². The Morgan fingerprint density at radius 2 is 2.12 bits per heavy atom. The zero-order valence-electron chi connectivity index (χ0n) is 14.0. The molecule has 0 bridgehead atoms. The fourth-order valence-electron chi connectivity index (χ4n) is 2.13. The molecule has 0 fully saturated rings. The molecule has 0 unspecified atom stereocenters. The summed E-state index contributed by atoms with van der Waals surface area (Å²) in [4.78, 5) is 22.6. The van der Waals surface area contributed by atoms with E-state index in [1.54, 1.807) is 24.3 Å². The number of nitrogens with zero attached hydrogens (tertiary/aromatic N) is 3. The zero-order valence-corrected chi connectivity index (χ0v) is 14.8. The molecule has 6 nitrogen and oxygen atoms in total.